The maximum atomic E-state index is 13.3. The molecular weight excluding hydrogens is 488 g/mol. The standard InChI is InChI=1S/C32H36N4O3/c1-4-38-29-13-15-30(16-14-29)39-23-26-9-8-10-27(21-26)32(37)35-19-17-34(18-20-35)22-31-24(2)33-36(25(31)3)28-11-6-5-7-12-28/h5-16,21H,4,17-20,22-23H2,1-3H3. The van der Waals surface area contributed by atoms with Gasteiger partial charge in [0.05, 0.1) is 18.0 Å². The molecule has 7 heteroatoms. The second kappa shape index (κ2) is 12.2. The monoisotopic (exact) mass is 524 g/mol. The molecule has 1 aliphatic heterocycles. The first-order valence-corrected chi connectivity index (χ1v) is 13.6. The molecule has 1 fully saturated rings. The van der Waals surface area contributed by atoms with Gasteiger partial charge in [-0.1, -0.05) is 30.3 Å². The van der Waals surface area contributed by atoms with Gasteiger partial charge in [-0.25, -0.2) is 4.68 Å². The van der Waals surface area contributed by atoms with Crippen LogP contribution in [0.1, 0.15) is 39.8 Å². The van der Waals surface area contributed by atoms with Crippen LogP contribution in [0.3, 0.4) is 0 Å². The van der Waals surface area contributed by atoms with E-state index in [1.807, 2.05) is 83.2 Å². The lowest BCUT2D eigenvalue weighted by Crippen LogP contribution is -2.48. The Labute approximate surface area is 230 Å². The fourth-order valence-electron chi connectivity index (χ4n) is 5.00. The normalized spacial score (nSPS) is 13.9. The molecule has 39 heavy (non-hydrogen) atoms. The van der Waals surface area contributed by atoms with E-state index in [0.29, 0.717) is 31.9 Å². The number of amides is 1. The largest absolute Gasteiger partial charge is 0.494 e. The van der Waals surface area contributed by atoms with Crippen LogP contribution in [0.2, 0.25) is 0 Å². The summed E-state index contributed by atoms with van der Waals surface area (Å²) in [4.78, 5) is 17.7. The van der Waals surface area contributed by atoms with E-state index in [-0.39, 0.29) is 5.91 Å². The quantitative estimate of drug-likeness (QED) is 0.292. The summed E-state index contributed by atoms with van der Waals surface area (Å²) in [5.41, 5.74) is 6.23. The van der Waals surface area contributed by atoms with E-state index in [0.717, 1.165) is 48.1 Å². The highest BCUT2D eigenvalue weighted by Crippen LogP contribution is 2.22. The first-order chi connectivity index (χ1) is 19.0. The number of rotatable bonds is 9. The summed E-state index contributed by atoms with van der Waals surface area (Å²) in [6.45, 7) is 11.1. The van der Waals surface area contributed by atoms with Crippen LogP contribution in [0.15, 0.2) is 78.9 Å². The molecular formula is C32H36N4O3. The van der Waals surface area contributed by atoms with Crippen molar-refractivity contribution in [2.75, 3.05) is 32.8 Å². The summed E-state index contributed by atoms with van der Waals surface area (Å²) in [5.74, 6) is 1.66. The molecule has 202 valence electrons. The minimum atomic E-state index is 0.0711. The third kappa shape index (κ3) is 6.32. The number of piperazine rings is 1. The van der Waals surface area contributed by atoms with Crippen LogP contribution < -0.4 is 9.47 Å². The fourth-order valence-corrected chi connectivity index (χ4v) is 5.00. The Kier molecular flexibility index (Phi) is 8.27. The number of carbonyl (C=O) groups excluding carboxylic acids is 1. The van der Waals surface area contributed by atoms with Crippen LogP contribution in [-0.2, 0) is 13.2 Å². The molecule has 1 saturated heterocycles. The average molecular weight is 525 g/mol. The van der Waals surface area contributed by atoms with Crippen LogP contribution in [-0.4, -0.2) is 58.3 Å². The Balaban J connectivity index is 1.15. The van der Waals surface area contributed by atoms with E-state index in [1.54, 1.807) is 0 Å². The van der Waals surface area contributed by atoms with Gasteiger partial charge in [-0.05, 0) is 74.9 Å². The first kappa shape index (κ1) is 26.5. The zero-order valence-corrected chi connectivity index (χ0v) is 23.0. The molecule has 2 heterocycles. The van der Waals surface area contributed by atoms with Crippen molar-refractivity contribution in [1.82, 2.24) is 19.6 Å². The number of hydrogen-bond donors (Lipinski definition) is 0. The van der Waals surface area contributed by atoms with Crippen molar-refractivity contribution >= 4 is 5.91 Å². The summed E-state index contributed by atoms with van der Waals surface area (Å²) >= 11 is 0. The van der Waals surface area contributed by atoms with Crippen molar-refractivity contribution in [1.29, 1.82) is 0 Å². The van der Waals surface area contributed by atoms with Gasteiger partial charge in [-0.15, -0.1) is 0 Å². The Hall–Kier alpha value is -4.10. The predicted octanol–water partition coefficient (Wildman–Crippen LogP) is 5.42. The lowest BCUT2D eigenvalue weighted by Gasteiger charge is -2.35. The zero-order valence-electron chi connectivity index (χ0n) is 23.0. The topological polar surface area (TPSA) is 59.8 Å². The minimum absolute atomic E-state index is 0.0711. The molecule has 0 N–H and O–H groups in total. The number of aromatic nitrogens is 2. The van der Waals surface area contributed by atoms with Gasteiger partial charge in [-0.3, -0.25) is 9.69 Å². The van der Waals surface area contributed by atoms with Gasteiger partial charge in [0.25, 0.3) is 5.91 Å². The maximum Gasteiger partial charge on any atom is 0.253 e. The van der Waals surface area contributed by atoms with Crippen LogP contribution in [0.5, 0.6) is 11.5 Å². The number of carbonyl (C=O) groups is 1. The summed E-state index contributed by atoms with van der Waals surface area (Å²) in [6, 6.07) is 25.6. The zero-order chi connectivity index (χ0) is 27.2. The van der Waals surface area contributed by atoms with Crippen molar-refractivity contribution in [3.63, 3.8) is 0 Å². The van der Waals surface area contributed by atoms with Crippen LogP contribution in [0.25, 0.3) is 5.69 Å². The molecule has 0 aliphatic carbocycles. The Bertz CT molecular complexity index is 1390. The van der Waals surface area contributed by atoms with Gasteiger partial charge in [0.1, 0.15) is 18.1 Å². The smallest absolute Gasteiger partial charge is 0.253 e. The Morgan fingerprint density at radius 2 is 1.54 bits per heavy atom. The van der Waals surface area contributed by atoms with Crippen molar-refractivity contribution in [2.24, 2.45) is 0 Å². The van der Waals surface area contributed by atoms with Crippen LogP contribution in [0, 0.1) is 13.8 Å². The molecule has 0 spiro atoms. The maximum absolute atomic E-state index is 13.3. The van der Waals surface area contributed by atoms with Crippen molar-refractivity contribution in [3.8, 4) is 17.2 Å². The molecule has 3 aromatic carbocycles. The molecule has 7 nitrogen and oxygen atoms in total. The molecule has 0 atom stereocenters. The minimum Gasteiger partial charge on any atom is -0.494 e. The number of ether oxygens (including phenoxy) is 2. The molecule has 4 aromatic rings. The number of nitrogens with zero attached hydrogens (tertiary/aromatic N) is 4. The summed E-state index contributed by atoms with van der Waals surface area (Å²) in [5, 5.41) is 4.79. The molecule has 0 bridgehead atoms. The highest BCUT2D eigenvalue weighted by Gasteiger charge is 2.24. The fraction of sp³-hybridized carbons (Fsp3) is 0.312. The number of hydrogen-bond acceptors (Lipinski definition) is 5. The highest BCUT2D eigenvalue weighted by molar-refractivity contribution is 5.94. The number of benzene rings is 3. The Morgan fingerprint density at radius 3 is 2.23 bits per heavy atom. The second-order valence-electron chi connectivity index (χ2n) is 9.86. The lowest BCUT2D eigenvalue weighted by atomic mass is 10.1. The predicted molar refractivity (Wildman–Crippen MR) is 153 cm³/mol. The molecule has 1 amide bonds. The van der Waals surface area contributed by atoms with Gasteiger partial charge < -0.3 is 14.4 Å². The molecule has 0 saturated carbocycles. The van der Waals surface area contributed by atoms with E-state index in [9.17, 15) is 4.79 Å². The van der Waals surface area contributed by atoms with Crippen LogP contribution >= 0.6 is 0 Å². The molecule has 5 rings (SSSR count). The second-order valence-corrected chi connectivity index (χ2v) is 9.86. The van der Waals surface area contributed by atoms with Crippen LogP contribution in [0.4, 0.5) is 0 Å². The molecule has 0 unspecified atom stereocenters. The van der Waals surface area contributed by atoms with E-state index < -0.39 is 0 Å². The average Bonchev–Trinajstić information content (AvgIpc) is 3.26. The van der Waals surface area contributed by atoms with Crippen molar-refractivity contribution in [3.05, 3.63) is 107 Å². The van der Waals surface area contributed by atoms with E-state index in [1.165, 1.54) is 11.3 Å². The summed E-state index contributed by atoms with van der Waals surface area (Å²) in [7, 11) is 0. The summed E-state index contributed by atoms with van der Waals surface area (Å²) in [6.07, 6.45) is 0. The van der Waals surface area contributed by atoms with Crippen molar-refractivity contribution in [2.45, 2.75) is 33.9 Å². The van der Waals surface area contributed by atoms with Gasteiger partial charge in [-0.2, -0.15) is 5.10 Å². The summed E-state index contributed by atoms with van der Waals surface area (Å²) < 4.78 is 13.4. The van der Waals surface area contributed by atoms with E-state index in [2.05, 4.69) is 30.9 Å². The number of aryl methyl sites for hydroxylation is 1. The highest BCUT2D eigenvalue weighted by atomic mass is 16.5. The lowest BCUT2D eigenvalue weighted by molar-refractivity contribution is 0.0627. The molecule has 1 aliphatic rings. The van der Waals surface area contributed by atoms with Gasteiger partial charge in [0, 0.05) is 49.5 Å². The first-order valence-electron chi connectivity index (χ1n) is 13.6. The third-order valence-electron chi connectivity index (χ3n) is 7.20. The third-order valence-corrected chi connectivity index (χ3v) is 7.20. The molecule has 1 aromatic heterocycles. The van der Waals surface area contributed by atoms with E-state index in [4.69, 9.17) is 14.6 Å². The SMILES string of the molecule is CCOc1ccc(OCc2cccc(C(=O)N3CCN(Cc4c(C)nn(-c5ccccc5)c4C)CC3)c2)cc1. The van der Waals surface area contributed by atoms with Gasteiger partial charge in [0.2, 0.25) is 0 Å². The van der Waals surface area contributed by atoms with Gasteiger partial charge in [0.15, 0.2) is 0 Å². The molecule has 0 radical (unpaired) electrons. The number of para-hydroxylation sites is 1. The Morgan fingerprint density at radius 1 is 0.846 bits per heavy atom. The van der Waals surface area contributed by atoms with E-state index >= 15 is 0 Å². The van der Waals surface area contributed by atoms with Gasteiger partial charge >= 0.3 is 0 Å². The van der Waals surface area contributed by atoms with Crippen molar-refractivity contribution < 1.29 is 14.3 Å².